The lowest BCUT2D eigenvalue weighted by Gasteiger charge is -2.13. The quantitative estimate of drug-likeness (QED) is 0.752. The number of nitrogens with zero attached hydrogens (tertiary/aromatic N) is 2. The van der Waals surface area contributed by atoms with Gasteiger partial charge in [0.15, 0.2) is 4.34 Å². The summed E-state index contributed by atoms with van der Waals surface area (Å²) in [6.45, 7) is 0. The third-order valence-electron chi connectivity index (χ3n) is 2.81. The smallest absolute Gasteiger partial charge is 0.142 e. The maximum absolute atomic E-state index is 4.27. The number of thioether (sulfide) groups is 1. The fraction of sp³-hybridized carbons (Fsp3) is 0.636. The van der Waals surface area contributed by atoms with Gasteiger partial charge in [0, 0.05) is 11.2 Å². The van der Waals surface area contributed by atoms with Crippen LogP contribution in [0.25, 0.3) is 0 Å². The molecule has 15 heavy (non-hydrogen) atoms. The van der Waals surface area contributed by atoms with Crippen LogP contribution in [0.15, 0.2) is 16.5 Å². The maximum Gasteiger partial charge on any atom is 0.174 e. The van der Waals surface area contributed by atoms with Crippen LogP contribution >= 0.6 is 23.1 Å². The number of hydrogen-bond donors (Lipinski definition) is 0. The largest absolute Gasteiger partial charge is 0.174 e. The van der Waals surface area contributed by atoms with E-state index in [-0.39, 0.29) is 0 Å². The predicted octanol–water partition coefficient (Wildman–Crippen LogP) is 3.62. The molecule has 1 fully saturated rings. The highest BCUT2D eigenvalue weighted by Crippen LogP contribution is 2.43. The predicted molar refractivity (Wildman–Crippen MR) is 64.5 cm³/mol. The summed E-state index contributed by atoms with van der Waals surface area (Å²) >= 11 is 3.69. The molecule has 2 aliphatic carbocycles. The fourth-order valence-electron chi connectivity index (χ4n) is 1.77. The van der Waals surface area contributed by atoms with Crippen molar-refractivity contribution < 1.29 is 0 Å². The van der Waals surface area contributed by atoms with Crippen molar-refractivity contribution in [2.24, 2.45) is 0 Å². The van der Waals surface area contributed by atoms with Gasteiger partial charge in [0.05, 0.1) is 0 Å². The van der Waals surface area contributed by atoms with E-state index in [1.54, 1.807) is 11.3 Å². The highest BCUT2D eigenvalue weighted by atomic mass is 32.2. The first-order valence-corrected chi connectivity index (χ1v) is 7.28. The van der Waals surface area contributed by atoms with Gasteiger partial charge in [-0.15, -0.1) is 10.2 Å². The van der Waals surface area contributed by atoms with Crippen molar-refractivity contribution >= 4 is 23.1 Å². The summed E-state index contributed by atoms with van der Waals surface area (Å²) in [5.41, 5.74) is 0. The molecule has 0 aromatic carbocycles. The van der Waals surface area contributed by atoms with Crippen molar-refractivity contribution in [1.29, 1.82) is 0 Å². The normalized spacial score (nSPS) is 25.7. The molecule has 3 rings (SSSR count). The zero-order chi connectivity index (χ0) is 10.1. The Hall–Kier alpha value is -0.350. The molecule has 4 heteroatoms. The number of allylic oxidation sites excluding steroid dienone is 1. The number of rotatable bonds is 3. The summed E-state index contributed by atoms with van der Waals surface area (Å²) in [7, 11) is 0. The summed E-state index contributed by atoms with van der Waals surface area (Å²) < 4.78 is 1.16. The zero-order valence-corrected chi connectivity index (χ0v) is 10.2. The lowest BCUT2D eigenvalue weighted by molar-refractivity contribution is 0.740. The van der Waals surface area contributed by atoms with Crippen molar-refractivity contribution in [2.45, 2.75) is 47.6 Å². The minimum atomic E-state index is 0.638. The van der Waals surface area contributed by atoms with E-state index in [4.69, 9.17) is 0 Å². The SMILES string of the molecule is C1=C[C@@H](Sc2nnc(C3CC3)s2)CCC1. The second-order valence-corrected chi connectivity index (χ2v) is 6.69. The fourth-order valence-corrected chi connectivity index (χ4v) is 4.16. The summed E-state index contributed by atoms with van der Waals surface area (Å²) in [5.74, 6) is 0.749. The maximum atomic E-state index is 4.27. The average molecular weight is 238 g/mol. The molecule has 80 valence electrons. The molecule has 0 aliphatic heterocycles. The van der Waals surface area contributed by atoms with E-state index < -0.39 is 0 Å². The van der Waals surface area contributed by atoms with E-state index in [2.05, 4.69) is 22.3 Å². The first kappa shape index (κ1) is 9.85. The molecule has 1 saturated carbocycles. The van der Waals surface area contributed by atoms with E-state index in [1.165, 1.54) is 37.1 Å². The van der Waals surface area contributed by atoms with Gasteiger partial charge in [0.25, 0.3) is 0 Å². The average Bonchev–Trinajstić information content (AvgIpc) is 3.02. The van der Waals surface area contributed by atoms with Crippen LogP contribution in [-0.4, -0.2) is 15.4 Å². The molecule has 1 aromatic rings. The van der Waals surface area contributed by atoms with Crippen LogP contribution in [0.3, 0.4) is 0 Å². The first-order valence-electron chi connectivity index (χ1n) is 5.58. The molecule has 0 spiro atoms. The summed E-state index contributed by atoms with van der Waals surface area (Å²) in [4.78, 5) is 0. The van der Waals surface area contributed by atoms with Crippen molar-refractivity contribution in [2.75, 3.05) is 0 Å². The van der Waals surface area contributed by atoms with Gasteiger partial charge >= 0.3 is 0 Å². The zero-order valence-electron chi connectivity index (χ0n) is 8.56. The minimum absolute atomic E-state index is 0.638. The van der Waals surface area contributed by atoms with Crippen LogP contribution in [0.5, 0.6) is 0 Å². The van der Waals surface area contributed by atoms with Crippen LogP contribution in [0.1, 0.15) is 43.0 Å². The second kappa shape index (κ2) is 4.26. The Morgan fingerprint density at radius 1 is 1.27 bits per heavy atom. The van der Waals surface area contributed by atoms with Crippen LogP contribution in [0, 0.1) is 0 Å². The molecule has 0 N–H and O–H groups in total. The molecule has 0 radical (unpaired) electrons. The summed E-state index contributed by atoms with van der Waals surface area (Å²) in [6.07, 6.45) is 11.1. The molecule has 1 atom stereocenters. The van der Waals surface area contributed by atoms with Gasteiger partial charge in [0.2, 0.25) is 0 Å². The highest BCUT2D eigenvalue weighted by Gasteiger charge is 2.27. The van der Waals surface area contributed by atoms with E-state index in [0.29, 0.717) is 5.25 Å². The molecule has 0 amide bonds. The van der Waals surface area contributed by atoms with E-state index >= 15 is 0 Å². The van der Waals surface area contributed by atoms with E-state index in [0.717, 1.165) is 10.3 Å². The van der Waals surface area contributed by atoms with Crippen molar-refractivity contribution in [3.8, 4) is 0 Å². The highest BCUT2D eigenvalue weighted by molar-refractivity contribution is 8.01. The Labute approximate surface area is 98.2 Å². The van der Waals surface area contributed by atoms with Gasteiger partial charge < -0.3 is 0 Å². The Balaban J connectivity index is 1.65. The van der Waals surface area contributed by atoms with Crippen molar-refractivity contribution in [3.63, 3.8) is 0 Å². The molecule has 1 heterocycles. The molecule has 2 aliphatic rings. The second-order valence-electron chi connectivity index (χ2n) is 4.20. The van der Waals surface area contributed by atoms with Crippen LogP contribution < -0.4 is 0 Å². The monoisotopic (exact) mass is 238 g/mol. The standard InChI is InChI=1S/C11H14N2S2/c1-2-4-9(5-3-1)14-11-13-12-10(15-11)8-6-7-8/h2,4,8-9H,1,3,5-7H2/t9-/m1/s1. The topological polar surface area (TPSA) is 25.8 Å². The summed E-state index contributed by atoms with van der Waals surface area (Å²) in [5, 5.41) is 10.4. The molecular weight excluding hydrogens is 224 g/mol. The molecular formula is C11H14N2S2. The Morgan fingerprint density at radius 3 is 2.93 bits per heavy atom. The minimum Gasteiger partial charge on any atom is -0.142 e. The van der Waals surface area contributed by atoms with E-state index in [1.807, 2.05) is 11.8 Å². The van der Waals surface area contributed by atoms with E-state index in [9.17, 15) is 0 Å². The summed E-state index contributed by atoms with van der Waals surface area (Å²) in [6, 6.07) is 0. The number of aromatic nitrogens is 2. The lowest BCUT2D eigenvalue weighted by Crippen LogP contribution is -2.01. The van der Waals surface area contributed by atoms with Crippen molar-refractivity contribution in [1.82, 2.24) is 10.2 Å². The molecule has 0 saturated heterocycles. The van der Waals surface area contributed by atoms with Gasteiger partial charge in [-0.2, -0.15) is 0 Å². The molecule has 1 aromatic heterocycles. The van der Waals surface area contributed by atoms with Crippen molar-refractivity contribution in [3.05, 3.63) is 17.2 Å². The third kappa shape index (κ3) is 2.42. The Kier molecular flexibility index (Phi) is 2.79. The van der Waals surface area contributed by atoms with Gasteiger partial charge in [-0.3, -0.25) is 0 Å². The van der Waals surface area contributed by atoms with Gasteiger partial charge in [-0.05, 0) is 32.1 Å². The molecule has 0 bridgehead atoms. The van der Waals surface area contributed by atoms with Gasteiger partial charge in [-0.1, -0.05) is 35.3 Å². The van der Waals surface area contributed by atoms with Gasteiger partial charge in [-0.25, -0.2) is 0 Å². The molecule has 0 unspecified atom stereocenters. The van der Waals surface area contributed by atoms with Crippen LogP contribution in [0.2, 0.25) is 0 Å². The molecule has 2 nitrogen and oxygen atoms in total. The Bertz CT molecular complexity index is 368. The van der Waals surface area contributed by atoms with Gasteiger partial charge in [0.1, 0.15) is 5.01 Å². The lowest BCUT2D eigenvalue weighted by atomic mass is 10.1. The first-order chi connectivity index (χ1) is 7.42. The van der Waals surface area contributed by atoms with Crippen LogP contribution in [0.4, 0.5) is 0 Å². The third-order valence-corrected chi connectivity index (χ3v) is 5.21. The Morgan fingerprint density at radius 2 is 2.20 bits per heavy atom. The van der Waals surface area contributed by atoms with Crippen LogP contribution in [-0.2, 0) is 0 Å². The number of hydrogen-bond acceptors (Lipinski definition) is 4.